The van der Waals surface area contributed by atoms with Gasteiger partial charge in [-0.05, 0) is 35.4 Å². The molecule has 24 heavy (non-hydrogen) atoms. The monoisotopic (exact) mass is 347 g/mol. The van der Waals surface area contributed by atoms with Gasteiger partial charge in [-0.1, -0.05) is 12.1 Å². The normalized spacial score (nSPS) is 19.5. The molecule has 0 saturated carbocycles. The number of nitrogens with zero attached hydrogens (tertiary/aromatic N) is 1. The van der Waals surface area contributed by atoms with E-state index in [1.807, 2.05) is 18.2 Å². The standard InChI is InChI=1S/C18H15F2NO2S/c19-14-2-1-3-15(20)13(14)9-21-17(22)10-24-18(21)12-4-5-16-11(8-12)6-7-23-16/h1-5,8,18H,6-7,9-10H2. The van der Waals surface area contributed by atoms with Crippen LogP contribution in [-0.2, 0) is 17.8 Å². The van der Waals surface area contributed by atoms with Crippen LogP contribution in [0.25, 0.3) is 0 Å². The van der Waals surface area contributed by atoms with E-state index in [9.17, 15) is 13.6 Å². The van der Waals surface area contributed by atoms with E-state index < -0.39 is 11.6 Å². The number of amides is 1. The maximum atomic E-state index is 13.9. The van der Waals surface area contributed by atoms with Crippen molar-refractivity contribution in [2.45, 2.75) is 18.3 Å². The maximum absolute atomic E-state index is 13.9. The number of carbonyl (C=O) groups excluding carboxylic acids is 1. The molecule has 0 N–H and O–H groups in total. The van der Waals surface area contributed by atoms with Gasteiger partial charge < -0.3 is 9.64 Å². The molecule has 1 unspecified atom stereocenters. The predicted molar refractivity (Wildman–Crippen MR) is 87.7 cm³/mol. The Balaban J connectivity index is 1.65. The molecule has 2 aromatic carbocycles. The van der Waals surface area contributed by atoms with E-state index in [1.54, 1.807) is 4.90 Å². The number of rotatable bonds is 3. The van der Waals surface area contributed by atoms with Crippen molar-refractivity contribution in [1.82, 2.24) is 4.90 Å². The van der Waals surface area contributed by atoms with Crippen molar-refractivity contribution in [2.24, 2.45) is 0 Å². The third-order valence-corrected chi connectivity index (χ3v) is 5.61. The van der Waals surface area contributed by atoms with Crippen molar-refractivity contribution in [3.63, 3.8) is 0 Å². The molecular weight excluding hydrogens is 332 g/mol. The molecule has 0 aromatic heterocycles. The first-order valence-electron chi connectivity index (χ1n) is 7.73. The van der Waals surface area contributed by atoms with Crippen LogP contribution < -0.4 is 4.74 Å². The van der Waals surface area contributed by atoms with Crippen molar-refractivity contribution in [2.75, 3.05) is 12.4 Å². The van der Waals surface area contributed by atoms with E-state index in [4.69, 9.17) is 4.74 Å². The summed E-state index contributed by atoms with van der Waals surface area (Å²) >= 11 is 1.48. The highest BCUT2D eigenvalue weighted by Crippen LogP contribution is 2.41. The Hall–Kier alpha value is -2.08. The Bertz CT molecular complexity index is 791. The van der Waals surface area contributed by atoms with Gasteiger partial charge in [-0.15, -0.1) is 11.8 Å². The highest BCUT2D eigenvalue weighted by Gasteiger charge is 2.34. The minimum Gasteiger partial charge on any atom is -0.493 e. The molecule has 1 amide bonds. The number of hydrogen-bond donors (Lipinski definition) is 0. The molecule has 3 nitrogen and oxygen atoms in total. The van der Waals surface area contributed by atoms with E-state index in [0.717, 1.165) is 23.3 Å². The Morgan fingerprint density at radius 1 is 1.21 bits per heavy atom. The summed E-state index contributed by atoms with van der Waals surface area (Å²) in [6.07, 6.45) is 0.844. The Morgan fingerprint density at radius 2 is 2.00 bits per heavy atom. The molecule has 1 atom stereocenters. The van der Waals surface area contributed by atoms with E-state index in [2.05, 4.69) is 0 Å². The summed E-state index contributed by atoms with van der Waals surface area (Å²) in [6.45, 7) is 0.599. The Labute approximate surface area is 142 Å². The lowest BCUT2D eigenvalue weighted by Crippen LogP contribution is -2.28. The number of halogens is 2. The lowest BCUT2D eigenvalue weighted by molar-refractivity contribution is -0.128. The molecule has 0 radical (unpaired) electrons. The average molecular weight is 347 g/mol. The second kappa shape index (κ2) is 6.09. The van der Waals surface area contributed by atoms with Crippen LogP contribution in [0.5, 0.6) is 5.75 Å². The van der Waals surface area contributed by atoms with Crippen LogP contribution in [0.3, 0.4) is 0 Å². The second-order valence-electron chi connectivity index (χ2n) is 5.85. The quantitative estimate of drug-likeness (QED) is 0.848. The average Bonchev–Trinajstić information content (AvgIpc) is 3.17. The van der Waals surface area contributed by atoms with E-state index in [1.165, 1.54) is 30.0 Å². The molecule has 0 bridgehead atoms. The number of thioether (sulfide) groups is 1. The first-order valence-corrected chi connectivity index (χ1v) is 8.78. The third-order valence-electron chi connectivity index (χ3n) is 4.36. The van der Waals surface area contributed by atoms with Gasteiger partial charge in [0.15, 0.2) is 0 Å². The molecule has 1 fully saturated rings. The molecule has 6 heteroatoms. The van der Waals surface area contributed by atoms with E-state index in [-0.39, 0.29) is 23.4 Å². The Morgan fingerprint density at radius 3 is 2.79 bits per heavy atom. The first kappa shape index (κ1) is 15.4. The summed E-state index contributed by atoms with van der Waals surface area (Å²) in [4.78, 5) is 13.8. The van der Waals surface area contributed by atoms with Crippen molar-refractivity contribution >= 4 is 17.7 Å². The molecule has 4 rings (SSSR count). The second-order valence-corrected chi connectivity index (χ2v) is 6.92. The van der Waals surface area contributed by atoms with Gasteiger partial charge in [-0.2, -0.15) is 0 Å². The van der Waals surface area contributed by atoms with Gasteiger partial charge in [0.1, 0.15) is 22.8 Å². The fourth-order valence-corrected chi connectivity index (χ4v) is 4.29. The molecule has 2 aliphatic heterocycles. The zero-order valence-corrected chi connectivity index (χ0v) is 13.6. The van der Waals surface area contributed by atoms with Crippen LogP contribution in [0.4, 0.5) is 8.78 Å². The molecular formula is C18H15F2NO2S. The first-order chi connectivity index (χ1) is 11.6. The van der Waals surface area contributed by atoms with Gasteiger partial charge in [0, 0.05) is 12.0 Å². The zero-order valence-electron chi connectivity index (χ0n) is 12.8. The highest BCUT2D eigenvalue weighted by molar-refractivity contribution is 8.00. The zero-order chi connectivity index (χ0) is 16.7. The van der Waals surface area contributed by atoms with Crippen LogP contribution in [-0.4, -0.2) is 23.2 Å². The van der Waals surface area contributed by atoms with Crippen LogP contribution in [0.1, 0.15) is 22.1 Å². The van der Waals surface area contributed by atoms with Gasteiger partial charge in [-0.3, -0.25) is 4.79 Å². The number of ether oxygens (including phenoxy) is 1. The van der Waals surface area contributed by atoms with Gasteiger partial charge >= 0.3 is 0 Å². The van der Waals surface area contributed by atoms with E-state index >= 15 is 0 Å². The summed E-state index contributed by atoms with van der Waals surface area (Å²) in [5.74, 6) is -0.167. The highest BCUT2D eigenvalue weighted by atomic mass is 32.2. The number of benzene rings is 2. The van der Waals surface area contributed by atoms with Gasteiger partial charge in [0.25, 0.3) is 0 Å². The van der Waals surface area contributed by atoms with E-state index in [0.29, 0.717) is 12.4 Å². The molecule has 0 spiro atoms. The molecule has 2 heterocycles. The van der Waals surface area contributed by atoms with Crippen molar-refractivity contribution in [1.29, 1.82) is 0 Å². The van der Waals surface area contributed by atoms with Gasteiger partial charge in [-0.25, -0.2) is 8.78 Å². The van der Waals surface area contributed by atoms with Crippen molar-refractivity contribution < 1.29 is 18.3 Å². The lowest BCUT2D eigenvalue weighted by Gasteiger charge is -2.25. The number of carbonyl (C=O) groups is 1. The topological polar surface area (TPSA) is 29.5 Å². The number of fused-ring (bicyclic) bond motifs is 1. The SMILES string of the molecule is O=C1CSC(c2ccc3c(c2)CCO3)N1Cc1c(F)cccc1F. The fraction of sp³-hybridized carbons (Fsp3) is 0.278. The fourth-order valence-electron chi connectivity index (χ4n) is 3.11. The summed E-state index contributed by atoms with van der Waals surface area (Å²) in [5.41, 5.74) is 2.01. The van der Waals surface area contributed by atoms with Gasteiger partial charge in [0.2, 0.25) is 5.91 Å². The van der Waals surface area contributed by atoms with Crippen LogP contribution in [0, 0.1) is 11.6 Å². The molecule has 124 valence electrons. The summed E-state index contributed by atoms with van der Waals surface area (Å²) in [7, 11) is 0. The van der Waals surface area contributed by atoms with Crippen molar-refractivity contribution in [3.8, 4) is 5.75 Å². The summed E-state index contributed by atoms with van der Waals surface area (Å²) < 4.78 is 33.4. The number of hydrogen-bond acceptors (Lipinski definition) is 3. The maximum Gasteiger partial charge on any atom is 0.234 e. The predicted octanol–water partition coefficient (Wildman–Crippen LogP) is 3.67. The lowest BCUT2D eigenvalue weighted by atomic mass is 10.1. The minimum atomic E-state index is -0.624. The summed E-state index contributed by atoms with van der Waals surface area (Å²) in [6, 6.07) is 9.62. The van der Waals surface area contributed by atoms with Crippen molar-refractivity contribution in [3.05, 3.63) is 64.7 Å². The van der Waals surface area contributed by atoms with Crippen LogP contribution in [0.15, 0.2) is 36.4 Å². The van der Waals surface area contributed by atoms with Crippen LogP contribution >= 0.6 is 11.8 Å². The molecule has 2 aliphatic rings. The minimum absolute atomic E-state index is 0.0668. The largest absolute Gasteiger partial charge is 0.493 e. The van der Waals surface area contributed by atoms with Gasteiger partial charge in [0.05, 0.1) is 18.9 Å². The molecule has 2 aromatic rings. The smallest absolute Gasteiger partial charge is 0.234 e. The molecule has 1 saturated heterocycles. The Kier molecular flexibility index (Phi) is 3.92. The molecule has 0 aliphatic carbocycles. The third kappa shape index (κ3) is 2.65. The van der Waals surface area contributed by atoms with Crippen LogP contribution in [0.2, 0.25) is 0 Å². The summed E-state index contributed by atoms with van der Waals surface area (Å²) in [5, 5.41) is -0.234.